The van der Waals surface area contributed by atoms with Gasteiger partial charge in [-0.25, -0.2) is 0 Å². The van der Waals surface area contributed by atoms with Crippen LogP contribution in [0.3, 0.4) is 0 Å². The zero-order chi connectivity index (χ0) is 10.6. The molecule has 0 spiro atoms. The lowest BCUT2D eigenvalue weighted by atomic mass is 10.3. The minimum Gasteiger partial charge on any atom is -0.382 e. The van der Waals surface area contributed by atoms with Crippen LogP contribution in [-0.4, -0.2) is 31.6 Å². The van der Waals surface area contributed by atoms with Gasteiger partial charge in [-0.2, -0.15) is 0 Å². The molecule has 1 aromatic rings. The molecule has 14 heavy (non-hydrogen) atoms. The second-order valence-electron chi connectivity index (χ2n) is 3.48. The van der Waals surface area contributed by atoms with Gasteiger partial charge >= 0.3 is 0 Å². The third-order valence-corrected chi connectivity index (χ3v) is 2.58. The summed E-state index contributed by atoms with van der Waals surface area (Å²) >= 11 is 4.86. The van der Waals surface area contributed by atoms with Crippen LogP contribution in [0.4, 0.5) is 5.69 Å². The van der Waals surface area contributed by atoms with Gasteiger partial charge in [0.05, 0.1) is 5.69 Å². The summed E-state index contributed by atoms with van der Waals surface area (Å²) in [5.41, 5.74) is 0.805. The predicted molar refractivity (Wildman–Crippen MR) is 62.2 cm³/mol. The summed E-state index contributed by atoms with van der Waals surface area (Å²) in [6, 6.07) is 1.56. The summed E-state index contributed by atoms with van der Waals surface area (Å²) in [5.74, 6) is 0. The first-order chi connectivity index (χ1) is 6.65. The van der Waals surface area contributed by atoms with Gasteiger partial charge in [-0.15, -0.1) is 0 Å². The second kappa shape index (κ2) is 5.22. The van der Waals surface area contributed by atoms with Crippen molar-refractivity contribution in [3.8, 4) is 0 Å². The Kier molecular flexibility index (Phi) is 4.22. The lowest BCUT2D eigenvalue weighted by Gasteiger charge is -2.16. The van der Waals surface area contributed by atoms with Crippen molar-refractivity contribution < 1.29 is 0 Å². The van der Waals surface area contributed by atoms with E-state index in [2.05, 4.69) is 24.2 Å². The average molecular weight is 212 g/mol. The number of likely N-dealkylation sites (N-methyl/N-ethyl adjacent to an activating group) is 1. The molecule has 0 aliphatic carbocycles. The van der Waals surface area contributed by atoms with Gasteiger partial charge in [-0.3, -0.25) is 4.79 Å². The van der Waals surface area contributed by atoms with Crippen molar-refractivity contribution in [2.75, 3.05) is 32.0 Å². The molecule has 0 bridgehead atoms. The molecule has 4 heteroatoms. The zero-order valence-corrected chi connectivity index (χ0v) is 9.49. The summed E-state index contributed by atoms with van der Waals surface area (Å²) in [7, 11) is 2.09. The van der Waals surface area contributed by atoms with E-state index in [-0.39, 0.29) is 5.43 Å². The maximum Gasteiger partial charge on any atom is 0.200 e. The Morgan fingerprint density at radius 1 is 1.50 bits per heavy atom. The van der Waals surface area contributed by atoms with Gasteiger partial charge in [0.1, 0.15) is 4.51 Å². The molecule has 0 aromatic heterocycles. The molecule has 0 aliphatic rings. The fraction of sp³-hybridized carbons (Fsp3) is 0.600. The molecule has 0 unspecified atom stereocenters. The molecule has 0 fully saturated rings. The van der Waals surface area contributed by atoms with E-state index < -0.39 is 0 Å². The smallest absolute Gasteiger partial charge is 0.200 e. The maximum atomic E-state index is 10.8. The van der Waals surface area contributed by atoms with E-state index in [4.69, 9.17) is 12.2 Å². The van der Waals surface area contributed by atoms with Gasteiger partial charge in [0, 0.05) is 19.2 Å². The lowest BCUT2D eigenvalue weighted by Crippen LogP contribution is -2.26. The Morgan fingerprint density at radius 3 is 2.71 bits per heavy atom. The molecule has 1 rings (SSSR count). The lowest BCUT2D eigenvalue weighted by molar-refractivity contribution is 0.348. The Bertz CT molecular complexity index is 355. The van der Waals surface area contributed by atoms with Gasteiger partial charge in [-0.05, 0) is 20.0 Å². The van der Waals surface area contributed by atoms with Crippen molar-refractivity contribution in [1.29, 1.82) is 0 Å². The number of nitrogens with one attached hydrogen (secondary N) is 1. The summed E-state index contributed by atoms with van der Waals surface area (Å²) in [5, 5.41) is 3.15. The maximum absolute atomic E-state index is 10.8. The van der Waals surface area contributed by atoms with E-state index in [1.165, 1.54) is 0 Å². The van der Waals surface area contributed by atoms with Crippen LogP contribution in [0.15, 0.2) is 10.9 Å². The number of rotatable bonds is 6. The highest BCUT2D eigenvalue weighted by Crippen LogP contribution is 2.06. The van der Waals surface area contributed by atoms with Crippen LogP contribution in [0.2, 0.25) is 0 Å². The summed E-state index contributed by atoms with van der Waals surface area (Å²) in [6.07, 6.45) is 1.16. The van der Waals surface area contributed by atoms with Gasteiger partial charge in [0.2, 0.25) is 5.43 Å². The Balaban J connectivity index is 2.20. The van der Waals surface area contributed by atoms with E-state index in [0.29, 0.717) is 4.51 Å². The van der Waals surface area contributed by atoms with Crippen molar-refractivity contribution in [3.63, 3.8) is 0 Å². The average Bonchev–Trinajstić information content (AvgIpc) is 2.16. The van der Waals surface area contributed by atoms with Crippen molar-refractivity contribution in [2.45, 2.75) is 13.3 Å². The van der Waals surface area contributed by atoms with E-state index in [1.807, 2.05) is 0 Å². The molecule has 0 amide bonds. The van der Waals surface area contributed by atoms with Crippen LogP contribution in [0.5, 0.6) is 0 Å². The molecular formula is C10H16N2OS. The fourth-order valence-corrected chi connectivity index (χ4v) is 1.51. The third kappa shape index (κ3) is 2.89. The summed E-state index contributed by atoms with van der Waals surface area (Å²) < 4.78 is 0.447. The first kappa shape index (κ1) is 11.3. The van der Waals surface area contributed by atoms with Crippen LogP contribution >= 0.6 is 12.2 Å². The molecule has 1 aromatic carbocycles. The van der Waals surface area contributed by atoms with Gasteiger partial charge < -0.3 is 10.2 Å². The Labute approximate surface area is 89.4 Å². The standard InChI is InChI=1S/C10H16N2OS/c1-3-5-12(2)6-4-11-8-7-9(13)10(8)14/h7,11H,3-6H2,1-2H3. The number of hydrogen-bond donors (Lipinski definition) is 1. The van der Waals surface area contributed by atoms with Crippen molar-refractivity contribution in [1.82, 2.24) is 4.90 Å². The predicted octanol–water partition coefficient (Wildman–Crippen LogP) is 1.41. The number of hydrogen-bond acceptors (Lipinski definition) is 4. The minimum atomic E-state index is -0.0237. The largest absolute Gasteiger partial charge is 0.382 e. The normalized spacial score (nSPS) is 11.1. The molecule has 3 nitrogen and oxygen atoms in total. The molecule has 0 radical (unpaired) electrons. The SMILES string of the molecule is CCCN(C)CCNc1cc(=O)c1=S. The van der Waals surface area contributed by atoms with Crippen LogP contribution in [-0.2, 0) is 0 Å². The fourth-order valence-electron chi connectivity index (χ4n) is 1.32. The second-order valence-corrected chi connectivity index (χ2v) is 3.89. The van der Waals surface area contributed by atoms with Crippen molar-refractivity contribution in [3.05, 3.63) is 20.8 Å². The molecule has 0 saturated heterocycles. The van der Waals surface area contributed by atoms with E-state index >= 15 is 0 Å². The topological polar surface area (TPSA) is 32.3 Å². The van der Waals surface area contributed by atoms with Crippen LogP contribution in [0.1, 0.15) is 13.3 Å². The van der Waals surface area contributed by atoms with Crippen LogP contribution in [0, 0.1) is 4.51 Å². The summed E-state index contributed by atoms with van der Waals surface area (Å²) in [4.78, 5) is 13.0. The highest BCUT2D eigenvalue weighted by atomic mass is 32.1. The number of nitrogens with zero attached hydrogens (tertiary/aromatic N) is 1. The minimum absolute atomic E-state index is 0.0237. The van der Waals surface area contributed by atoms with Gasteiger partial charge in [0.15, 0.2) is 0 Å². The molecular weight excluding hydrogens is 196 g/mol. The first-order valence-electron chi connectivity index (χ1n) is 4.88. The molecule has 0 heterocycles. The quantitative estimate of drug-likeness (QED) is 0.723. The Hall–Kier alpha value is -0.740. The van der Waals surface area contributed by atoms with Crippen LogP contribution < -0.4 is 10.7 Å². The summed E-state index contributed by atoms with van der Waals surface area (Å²) in [6.45, 7) is 5.08. The molecule has 0 saturated carbocycles. The van der Waals surface area contributed by atoms with E-state index in [0.717, 1.165) is 31.7 Å². The number of anilines is 1. The van der Waals surface area contributed by atoms with Gasteiger partial charge in [0.25, 0.3) is 0 Å². The van der Waals surface area contributed by atoms with Crippen molar-refractivity contribution in [2.24, 2.45) is 0 Å². The monoisotopic (exact) mass is 212 g/mol. The zero-order valence-electron chi connectivity index (χ0n) is 8.67. The molecule has 1 N–H and O–H groups in total. The Morgan fingerprint density at radius 2 is 2.21 bits per heavy atom. The van der Waals surface area contributed by atoms with Gasteiger partial charge in [-0.1, -0.05) is 19.1 Å². The van der Waals surface area contributed by atoms with Crippen LogP contribution in [0.25, 0.3) is 0 Å². The highest BCUT2D eigenvalue weighted by molar-refractivity contribution is 7.71. The van der Waals surface area contributed by atoms with Crippen molar-refractivity contribution >= 4 is 17.9 Å². The highest BCUT2D eigenvalue weighted by Gasteiger charge is 2.04. The molecule has 78 valence electrons. The van der Waals surface area contributed by atoms with E-state index in [1.54, 1.807) is 6.07 Å². The molecule has 0 atom stereocenters. The first-order valence-corrected chi connectivity index (χ1v) is 5.28. The molecule has 0 aliphatic heterocycles. The van der Waals surface area contributed by atoms with E-state index in [9.17, 15) is 4.79 Å². The third-order valence-electron chi connectivity index (χ3n) is 2.16.